The summed E-state index contributed by atoms with van der Waals surface area (Å²) in [5.74, 6) is -0.550. The van der Waals surface area contributed by atoms with Gasteiger partial charge in [-0.25, -0.2) is 4.98 Å². The average Bonchev–Trinajstić information content (AvgIpc) is 3.00. The van der Waals surface area contributed by atoms with E-state index in [0.717, 1.165) is 37.1 Å². The van der Waals surface area contributed by atoms with Crippen molar-refractivity contribution in [1.82, 2.24) is 14.9 Å². The van der Waals surface area contributed by atoms with Crippen molar-refractivity contribution in [1.29, 1.82) is 0 Å². The average molecular weight is 400 g/mol. The van der Waals surface area contributed by atoms with Gasteiger partial charge in [0.2, 0.25) is 0 Å². The van der Waals surface area contributed by atoms with Crippen LogP contribution < -0.4 is 5.32 Å². The van der Waals surface area contributed by atoms with E-state index >= 15 is 0 Å². The number of aromatic nitrogens is 2. The molecule has 146 valence electrons. The molecule has 3 heterocycles. The summed E-state index contributed by atoms with van der Waals surface area (Å²) in [5.41, 5.74) is -0.178. The van der Waals surface area contributed by atoms with Gasteiger partial charge in [0.25, 0.3) is 5.91 Å². The standard InChI is InChI=1S/C17H19F3N4O2S/c1-10-6-24(7-11(2)26-10)8-13-9-27-16(22-13)23-15(25)12-3-4-14(21-5-12)17(18,19)20/h3-5,9-11H,6-8H2,1-2H3,(H,22,23,25)/t10-,11-/m0/s1. The highest BCUT2D eigenvalue weighted by molar-refractivity contribution is 7.13. The molecule has 0 saturated carbocycles. The lowest BCUT2D eigenvalue weighted by Crippen LogP contribution is -2.44. The number of morpholine rings is 1. The molecule has 1 fully saturated rings. The fourth-order valence-corrected chi connectivity index (χ4v) is 3.64. The second-order valence-corrected chi connectivity index (χ2v) is 7.34. The number of halogens is 3. The van der Waals surface area contributed by atoms with Gasteiger partial charge in [0.1, 0.15) is 5.69 Å². The van der Waals surface area contributed by atoms with Crippen LogP contribution >= 0.6 is 11.3 Å². The minimum Gasteiger partial charge on any atom is -0.373 e. The molecular formula is C17H19F3N4O2S. The number of amides is 1. The zero-order valence-corrected chi connectivity index (χ0v) is 15.6. The van der Waals surface area contributed by atoms with Crippen molar-refractivity contribution in [2.24, 2.45) is 0 Å². The molecule has 0 unspecified atom stereocenters. The van der Waals surface area contributed by atoms with Crippen molar-refractivity contribution >= 4 is 22.4 Å². The molecule has 0 radical (unpaired) electrons. The van der Waals surface area contributed by atoms with Gasteiger partial charge >= 0.3 is 6.18 Å². The number of thiazole rings is 1. The monoisotopic (exact) mass is 400 g/mol. The maximum Gasteiger partial charge on any atom is 0.433 e. The Morgan fingerprint density at radius 2 is 2.04 bits per heavy atom. The third-order valence-corrected chi connectivity index (χ3v) is 4.78. The highest BCUT2D eigenvalue weighted by atomic mass is 32.1. The molecule has 2 aromatic heterocycles. The SMILES string of the molecule is C[C@H]1CN(Cc2csc(NC(=O)c3ccc(C(F)(F)F)nc3)n2)C[C@H](C)O1. The predicted molar refractivity (Wildman–Crippen MR) is 94.6 cm³/mol. The van der Waals surface area contributed by atoms with Gasteiger partial charge in [-0.15, -0.1) is 11.3 Å². The molecule has 0 spiro atoms. The molecule has 1 aliphatic heterocycles. The Labute approximate surface area is 158 Å². The summed E-state index contributed by atoms with van der Waals surface area (Å²) in [4.78, 5) is 22.1. The summed E-state index contributed by atoms with van der Waals surface area (Å²) in [6.07, 6.45) is -3.32. The first-order chi connectivity index (χ1) is 12.7. The van der Waals surface area contributed by atoms with Gasteiger partial charge in [-0.05, 0) is 26.0 Å². The van der Waals surface area contributed by atoms with E-state index < -0.39 is 17.8 Å². The second-order valence-electron chi connectivity index (χ2n) is 6.48. The van der Waals surface area contributed by atoms with Crippen LogP contribution in [0.3, 0.4) is 0 Å². The number of hydrogen-bond donors (Lipinski definition) is 1. The van der Waals surface area contributed by atoms with Gasteiger partial charge in [-0.2, -0.15) is 13.2 Å². The quantitative estimate of drug-likeness (QED) is 0.852. The van der Waals surface area contributed by atoms with Crippen LogP contribution in [-0.4, -0.2) is 46.1 Å². The number of anilines is 1. The van der Waals surface area contributed by atoms with Crippen molar-refractivity contribution in [2.75, 3.05) is 18.4 Å². The summed E-state index contributed by atoms with van der Waals surface area (Å²) in [6.45, 7) is 6.30. The number of carbonyl (C=O) groups excluding carboxylic acids is 1. The largest absolute Gasteiger partial charge is 0.433 e. The Bertz CT molecular complexity index is 784. The zero-order valence-electron chi connectivity index (χ0n) is 14.8. The molecule has 1 N–H and O–H groups in total. The second kappa shape index (κ2) is 7.91. The first-order valence-electron chi connectivity index (χ1n) is 8.37. The van der Waals surface area contributed by atoms with Crippen LogP contribution in [0.4, 0.5) is 18.3 Å². The first kappa shape index (κ1) is 19.7. The molecule has 0 aromatic carbocycles. The molecule has 2 aromatic rings. The van der Waals surface area contributed by atoms with Crippen molar-refractivity contribution in [2.45, 2.75) is 38.8 Å². The Kier molecular flexibility index (Phi) is 5.78. The van der Waals surface area contributed by atoms with Crippen LogP contribution in [-0.2, 0) is 17.5 Å². The number of carbonyl (C=O) groups is 1. The molecule has 6 nitrogen and oxygen atoms in total. The van der Waals surface area contributed by atoms with E-state index in [0.29, 0.717) is 11.7 Å². The summed E-state index contributed by atoms with van der Waals surface area (Å²) < 4.78 is 43.3. The maximum absolute atomic E-state index is 12.5. The minimum atomic E-state index is -4.53. The molecular weight excluding hydrogens is 381 g/mol. The predicted octanol–water partition coefficient (Wildman–Crippen LogP) is 3.42. The number of nitrogens with zero attached hydrogens (tertiary/aromatic N) is 3. The number of ether oxygens (including phenoxy) is 1. The third-order valence-electron chi connectivity index (χ3n) is 3.97. The Morgan fingerprint density at radius 3 is 2.63 bits per heavy atom. The smallest absolute Gasteiger partial charge is 0.373 e. The summed E-state index contributed by atoms with van der Waals surface area (Å²) >= 11 is 1.27. The molecule has 0 aliphatic carbocycles. The highest BCUT2D eigenvalue weighted by Crippen LogP contribution is 2.27. The molecule has 2 atom stereocenters. The van der Waals surface area contributed by atoms with Crippen LogP contribution in [0.2, 0.25) is 0 Å². The molecule has 1 amide bonds. The van der Waals surface area contributed by atoms with Crippen molar-refractivity contribution in [3.8, 4) is 0 Å². The van der Waals surface area contributed by atoms with E-state index in [4.69, 9.17) is 4.74 Å². The molecule has 1 aliphatic rings. The van der Waals surface area contributed by atoms with Crippen molar-refractivity contribution < 1.29 is 22.7 Å². The number of nitrogens with one attached hydrogen (secondary N) is 1. The normalized spacial score (nSPS) is 21.2. The lowest BCUT2D eigenvalue weighted by molar-refractivity contribution is -0.141. The van der Waals surface area contributed by atoms with Gasteiger partial charge < -0.3 is 4.74 Å². The molecule has 1 saturated heterocycles. The van der Waals surface area contributed by atoms with Crippen molar-refractivity contribution in [3.63, 3.8) is 0 Å². The van der Waals surface area contributed by atoms with Gasteiger partial charge in [-0.3, -0.25) is 20.0 Å². The van der Waals surface area contributed by atoms with Gasteiger partial charge in [0.15, 0.2) is 5.13 Å². The zero-order chi connectivity index (χ0) is 19.6. The van der Waals surface area contributed by atoms with Gasteiger partial charge in [0, 0.05) is 31.2 Å². The highest BCUT2D eigenvalue weighted by Gasteiger charge is 2.32. The van der Waals surface area contributed by atoms with Crippen LogP contribution in [0, 0.1) is 0 Å². The van der Waals surface area contributed by atoms with Crippen molar-refractivity contribution in [3.05, 3.63) is 40.7 Å². The topological polar surface area (TPSA) is 67.4 Å². The number of alkyl halides is 3. The van der Waals surface area contributed by atoms with Crippen LogP contribution in [0.1, 0.15) is 35.6 Å². The molecule has 10 heteroatoms. The van der Waals surface area contributed by atoms with Gasteiger partial charge in [0.05, 0.1) is 23.5 Å². The van der Waals surface area contributed by atoms with E-state index in [1.807, 2.05) is 19.2 Å². The van der Waals surface area contributed by atoms with Crippen LogP contribution in [0.25, 0.3) is 0 Å². The maximum atomic E-state index is 12.5. The fourth-order valence-electron chi connectivity index (χ4n) is 2.94. The number of rotatable bonds is 4. The van der Waals surface area contributed by atoms with E-state index in [9.17, 15) is 18.0 Å². The molecule has 0 bridgehead atoms. The summed E-state index contributed by atoms with van der Waals surface area (Å²) in [5, 5.41) is 4.84. The van der Waals surface area contributed by atoms with Crippen LogP contribution in [0.5, 0.6) is 0 Å². The summed E-state index contributed by atoms with van der Waals surface area (Å²) in [6, 6.07) is 1.87. The van der Waals surface area contributed by atoms with E-state index in [2.05, 4.69) is 20.2 Å². The molecule has 3 rings (SSSR count). The molecule has 27 heavy (non-hydrogen) atoms. The van der Waals surface area contributed by atoms with E-state index in [-0.39, 0.29) is 17.8 Å². The Morgan fingerprint density at radius 1 is 1.33 bits per heavy atom. The number of pyridine rings is 1. The minimum absolute atomic E-state index is 0.0376. The van der Waals surface area contributed by atoms with Crippen LogP contribution in [0.15, 0.2) is 23.7 Å². The Balaban J connectivity index is 1.59. The van der Waals surface area contributed by atoms with E-state index in [1.165, 1.54) is 11.3 Å². The first-order valence-corrected chi connectivity index (χ1v) is 9.25. The van der Waals surface area contributed by atoms with E-state index in [1.54, 1.807) is 0 Å². The lowest BCUT2D eigenvalue weighted by Gasteiger charge is -2.34. The fraction of sp³-hybridized carbons (Fsp3) is 0.471. The lowest BCUT2D eigenvalue weighted by atomic mass is 10.2. The summed E-state index contributed by atoms with van der Waals surface area (Å²) in [7, 11) is 0. The Hall–Kier alpha value is -2.04. The third kappa shape index (κ3) is 5.24. The number of hydrogen-bond acceptors (Lipinski definition) is 6. The van der Waals surface area contributed by atoms with Gasteiger partial charge in [-0.1, -0.05) is 0 Å².